The zero-order chi connectivity index (χ0) is 12.9. The number of ether oxygens (including phenoxy) is 1. The van der Waals surface area contributed by atoms with Crippen LogP contribution in [0.1, 0.15) is 26.3 Å². The number of hydrogen-bond donors (Lipinski definition) is 0. The lowest BCUT2D eigenvalue weighted by Crippen LogP contribution is -2.50. The van der Waals surface area contributed by atoms with Gasteiger partial charge in [-0.05, 0) is 26.0 Å². The molecule has 0 fully saturated rings. The molecule has 0 radical (unpaired) electrons. The van der Waals surface area contributed by atoms with Gasteiger partial charge in [0.1, 0.15) is 5.54 Å². The van der Waals surface area contributed by atoms with E-state index in [0.717, 1.165) is 13.1 Å². The van der Waals surface area contributed by atoms with E-state index in [4.69, 9.17) is 4.74 Å². The van der Waals surface area contributed by atoms with Gasteiger partial charge in [-0.3, -0.25) is 9.69 Å². The standard InChI is InChI=1S/C14H21NO2/c1-5-15(14(2,3)13(16)17-4)11-12-9-7-6-8-10-12/h6-10H,5,11H2,1-4H3. The van der Waals surface area contributed by atoms with Crippen molar-refractivity contribution in [2.45, 2.75) is 32.9 Å². The van der Waals surface area contributed by atoms with Gasteiger partial charge in [0, 0.05) is 6.54 Å². The molecule has 1 aromatic rings. The molecule has 0 aliphatic heterocycles. The molecule has 17 heavy (non-hydrogen) atoms. The maximum Gasteiger partial charge on any atom is 0.325 e. The molecular weight excluding hydrogens is 214 g/mol. The van der Waals surface area contributed by atoms with E-state index in [9.17, 15) is 4.79 Å². The number of hydrogen-bond acceptors (Lipinski definition) is 3. The van der Waals surface area contributed by atoms with E-state index in [1.807, 2.05) is 39.0 Å². The van der Waals surface area contributed by atoms with Gasteiger partial charge in [0.2, 0.25) is 0 Å². The van der Waals surface area contributed by atoms with Crippen molar-refractivity contribution < 1.29 is 9.53 Å². The van der Waals surface area contributed by atoms with Gasteiger partial charge >= 0.3 is 5.97 Å². The number of benzene rings is 1. The molecular formula is C14H21NO2. The second-order valence-electron chi connectivity index (χ2n) is 4.55. The maximum atomic E-state index is 11.8. The zero-order valence-electron chi connectivity index (χ0n) is 11.1. The molecule has 1 aromatic carbocycles. The summed E-state index contributed by atoms with van der Waals surface area (Å²) in [5, 5.41) is 0. The van der Waals surface area contributed by atoms with Crippen LogP contribution in [0.3, 0.4) is 0 Å². The Kier molecular flexibility index (Phi) is 4.70. The minimum Gasteiger partial charge on any atom is -0.468 e. The molecule has 0 unspecified atom stereocenters. The summed E-state index contributed by atoms with van der Waals surface area (Å²) < 4.78 is 4.85. The van der Waals surface area contributed by atoms with Crippen molar-refractivity contribution in [3.05, 3.63) is 35.9 Å². The largest absolute Gasteiger partial charge is 0.468 e. The van der Waals surface area contributed by atoms with Gasteiger partial charge < -0.3 is 4.74 Å². The SMILES string of the molecule is CCN(Cc1ccccc1)C(C)(C)C(=O)OC. The van der Waals surface area contributed by atoms with Crippen molar-refractivity contribution in [3.63, 3.8) is 0 Å². The first kappa shape index (κ1) is 13.7. The average Bonchev–Trinajstić information content (AvgIpc) is 2.35. The van der Waals surface area contributed by atoms with Crippen LogP contribution < -0.4 is 0 Å². The van der Waals surface area contributed by atoms with E-state index in [1.165, 1.54) is 12.7 Å². The summed E-state index contributed by atoms with van der Waals surface area (Å²) in [6, 6.07) is 10.1. The van der Waals surface area contributed by atoms with Gasteiger partial charge in [-0.15, -0.1) is 0 Å². The van der Waals surface area contributed by atoms with Gasteiger partial charge in [0.25, 0.3) is 0 Å². The van der Waals surface area contributed by atoms with Gasteiger partial charge in [0.15, 0.2) is 0 Å². The minimum atomic E-state index is -0.598. The summed E-state index contributed by atoms with van der Waals surface area (Å²) in [5.74, 6) is -0.199. The Morgan fingerprint density at radius 3 is 2.35 bits per heavy atom. The maximum absolute atomic E-state index is 11.8. The normalized spacial score (nSPS) is 11.6. The second kappa shape index (κ2) is 5.82. The van der Waals surface area contributed by atoms with Crippen LogP contribution >= 0.6 is 0 Å². The summed E-state index contributed by atoms with van der Waals surface area (Å²) in [7, 11) is 1.43. The van der Waals surface area contributed by atoms with E-state index >= 15 is 0 Å². The predicted molar refractivity (Wildman–Crippen MR) is 68.6 cm³/mol. The van der Waals surface area contributed by atoms with E-state index in [2.05, 4.69) is 17.0 Å². The zero-order valence-corrected chi connectivity index (χ0v) is 11.1. The highest BCUT2D eigenvalue weighted by Crippen LogP contribution is 2.19. The quantitative estimate of drug-likeness (QED) is 0.734. The lowest BCUT2D eigenvalue weighted by Gasteiger charge is -2.35. The number of esters is 1. The highest BCUT2D eigenvalue weighted by Gasteiger charge is 2.34. The molecule has 3 nitrogen and oxygen atoms in total. The van der Waals surface area contributed by atoms with E-state index in [0.29, 0.717) is 0 Å². The van der Waals surface area contributed by atoms with Gasteiger partial charge in [0.05, 0.1) is 7.11 Å². The Morgan fingerprint density at radius 1 is 1.29 bits per heavy atom. The molecule has 0 saturated heterocycles. The first-order valence-corrected chi connectivity index (χ1v) is 5.89. The molecule has 0 aliphatic rings. The molecule has 0 heterocycles. The molecule has 0 aromatic heterocycles. The summed E-state index contributed by atoms with van der Waals surface area (Å²) in [6.07, 6.45) is 0. The smallest absolute Gasteiger partial charge is 0.325 e. The van der Waals surface area contributed by atoms with Crippen molar-refractivity contribution in [1.29, 1.82) is 0 Å². The fourth-order valence-electron chi connectivity index (χ4n) is 1.89. The first-order valence-electron chi connectivity index (χ1n) is 5.89. The van der Waals surface area contributed by atoms with Crippen LogP contribution in [0.25, 0.3) is 0 Å². The summed E-state index contributed by atoms with van der Waals surface area (Å²) in [6.45, 7) is 7.39. The van der Waals surface area contributed by atoms with E-state index in [1.54, 1.807) is 0 Å². The number of carbonyl (C=O) groups is 1. The molecule has 0 N–H and O–H groups in total. The molecule has 0 atom stereocenters. The van der Waals surface area contributed by atoms with Crippen LogP contribution in [0.4, 0.5) is 0 Å². The second-order valence-corrected chi connectivity index (χ2v) is 4.55. The molecule has 0 amide bonds. The Morgan fingerprint density at radius 2 is 1.88 bits per heavy atom. The number of methoxy groups -OCH3 is 1. The highest BCUT2D eigenvalue weighted by molar-refractivity contribution is 5.79. The molecule has 94 valence electrons. The van der Waals surface area contributed by atoms with Gasteiger partial charge in [-0.1, -0.05) is 37.3 Å². The molecule has 0 spiro atoms. The number of likely N-dealkylation sites (N-methyl/N-ethyl adjacent to an activating group) is 1. The molecule has 1 rings (SSSR count). The predicted octanol–water partition coefficient (Wildman–Crippen LogP) is 2.46. The number of carbonyl (C=O) groups excluding carboxylic acids is 1. The Balaban J connectivity index is 2.82. The monoisotopic (exact) mass is 235 g/mol. The number of rotatable bonds is 5. The molecule has 0 saturated carbocycles. The molecule has 0 aliphatic carbocycles. The highest BCUT2D eigenvalue weighted by atomic mass is 16.5. The summed E-state index contributed by atoms with van der Waals surface area (Å²) in [4.78, 5) is 13.9. The summed E-state index contributed by atoms with van der Waals surface area (Å²) >= 11 is 0. The van der Waals surface area contributed by atoms with Crippen molar-refractivity contribution in [3.8, 4) is 0 Å². The van der Waals surface area contributed by atoms with Crippen LogP contribution in [0.2, 0.25) is 0 Å². The Bertz CT molecular complexity index is 360. The van der Waals surface area contributed by atoms with Crippen molar-refractivity contribution >= 4 is 5.97 Å². The van der Waals surface area contributed by atoms with Crippen molar-refractivity contribution in [2.75, 3.05) is 13.7 Å². The van der Waals surface area contributed by atoms with Crippen LogP contribution in [-0.4, -0.2) is 30.1 Å². The van der Waals surface area contributed by atoms with Gasteiger partial charge in [-0.2, -0.15) is 0 Å². The molecule has 3 heteroatoms. The van der Waals surface area contributed by atoms with Crippen LogP contribution in [0.5, 0.6) is 0 Å². The lowest BCUT2D eigenvalue weighted by molar-refractivity contribution is -0.153. The van der Waals surface area contributed by atoms with Crippen molar-refractivity contribution in [2.24, 2.45) is 0 Å². The van der Waals surface area contributed by atoms with E-state index in [-0.39, 0.29) is 5.97 Å². The Hall–Kier alpha value is -1.35. The third kappa shape index (κ3) is 3.30. The number of nitrogens with zero attached hydrogens (tertiary/aromatic N) is 1. The van der Waals surface area contributed by atoms with Crippen LogP contribution in [0.15, 0.2) is 30.3 Å². The van der Waals surface area contributed by atoms with Crippen molar-refractivity contribution in [1.82, 2.24) is 4.90 Å². The average molecular weight is 235 g/mol. The van der Waals surface area contributed by atoms with Crippen LogP contribution in [0, 0.1) is 0 Å². The third-order valence-corrected chi connectivity index (χ3v) is 3.07. The molecule has 0 bridgehead atoms. The summed E-state index contributed by atoms with van der Waals surface area (Å²) in [5.41, 5.74) is 0.602. The Labute approximate surface area is 103 Å². The lowest BCUT2D eigenvalue weighted by atomic mass is 10.0. The first-order chi connectivity index (χ1) is 8.02. The fraction of sp³-hybridized carbons (Fsp3) is 0.500. The van der Waals surface area contributed by atoms with Crippen LogP contribution in [-0.2, 0) is 16.1 Å². The minimum absolute atomic E-state index is 0.199. The topological polar surface area (TPSA) is 29.5 Å². The van der Waals surface area contributed by atoms with Gasteiger partial charge in [-0.25, -0.2) is 0 Å². The third-order valence-electron chi connectivity index (χ3n) is 3.07. The van der Waals surface area contributed by atoms with E-state index < -0.39 is 5.54 Å². The fourth-order valence-corrected chi connectivity index (χ4v) is 1.89.